The molecule has 1 aliphatic rings. The monoisotopic (exact) mass is 572 g/mol. The fourth-order valence-electron chi connectivity index (χ4n) is 4.83. The highest BCUT2D eigenvalue weighted by Crippen LogP contribution is 2.35. The molecule has 0 saturated carbocycles. The summed E-state index contributed by atoms with van der Waals surface area (Å²) < 4.78 is 59.9. The van der Waals surface area contributed by atoms with Gasteiger partial charge in [0.15, 0.2) is 11.9 Å². The third-order valence-corrected chi connectivity index (χ3v) is 6.95. The molecule has 5 rings (SSSR count). The van der Waals surface area contributed by atoms with Crippen molar-refractivity contribution in [2.45, 2.75) is 50.8 Å². The summed E-state index contributed by atoms with van der Waals surface area (Å²) in [6, 6.07) is 38.3. The minimum atomic E-state index is -1.96. The Morgan fingerprint density at radius 3 is 1.38 bits per heavy atom. The summed E-state index contributed by atoms with van der Waals surface area (Å²) in [5.41, 5.74) is 3.63. The molecule has 1 fully saturated rings. The third kappa shape index (κ3) is 8.33. The Hall–Kier alpha value is -3.88. The molecule has 0 amide bonds. The second-order valence-electron chi connectivity index (χ2n) is 10.0. The first-order valence-corrected chi connectivity index (χ1v) is 14.0. The van der Waals surface area contributed by atoms with Gasteiger partial charge in [0.2, 0.25) is 0 Å². The van der Waals surface area contributed by atoms with Crippen LogP contribution in [0.4, 0.5) is 8.78 Å². The van der Waals surface area contributed by atoms with Crippen LogP contribution in [-0.4, -0.2) is 31.0 Å². The fourth-order valence-corrected chi connectivity index (χ4v) is 4.83. The molecule has 0 radical (unpaired) electrons. The average Bonchev–Trinajstić information content (AvgIpc) is 3.04. The molecule has 0 aliphatic carbocycles. The highest BCUT2D eigenvalue weighted by Gasteiger charge is 2.48. The minimum absolute atomic E-state index is 0.0156. The third-order valence-electron chi connectivity index (χ3n) is 6.95. The van der Waals surface area contributed by atoms with Gasteiger partial charge in [0.25, 0.3) is 0 Å². The maximum absolute atomic E-state index is 14.5. The van der Waals surface area contributed by atoms with Crippen LogP contribution in [0.2, 0.25) is 0 Å². The molecule has 0 aromatic heterocycles. The topological polar surface area (TPSA) is 46.2 Å². The van der Waals surface area contributed by atoms with Crippen LogP contribution in [0.15, 0.2) is 133 Å². The standard InChI is InChI=1S/C35H34F2O5/c36-35(37)34-33(41-24-29-19-11-4-12-20-29)32(40-23-28-17-9-3-10-18-28)31(39-22-27-15-7-2-8-16-27)30(42-34)25-38-21-26-13-5-1-6-14-26/h1-20,30-33H,21-25H2/t30-,31-,32+,33+/m1/s1. The van der Waals surface area contributed by atoms with Gasteiger partial charge in [0, 0.05) is 0 Å². The Morgan fingerprint density at radius 2 is 0.929 bits per heavy atom. The number of hydrogen-bond donors (Lipinski definition) is 0. The van der Waals surface area contributed by atoms with E-state index in [4.69, 9.17) is 23.7 Å². The van der Waals surface area contributed by atoms with E-state index in [1.54, 1.807) is 0 Å². The summed E-state index contributed by atoms with van der Waals surface area (Å²) in [5.74, 6) is -0.558. The van der Waals surface area contributed by atoms with Crippen molar-refractivity contribution in [1.29, 1.82) is 0 Å². The second-order valence-corrected chi connectivity index (χ2v) is 10.0. The van der Waals surface area contributed by atoms with Gasteiger partial charge in [-0.2, -0.15) is 8.78 Å². The molecule has 0 unspecified atom stereocenters. The van der Waals surface area contributed by atoms with Gasteiger partial charge in [-0.1, -0.05) is 121 Å². The number of ether oxygens (including phenoxy) is 5. The molecule has 5 nitrogen and oxygen atoms in total. The van der Waals surface area contributed by atoms with Gasteiger partial charge in [-0.3, -0.25) is 0 Å². The first kappa shape index (κ1) is 29.6. The molecule has 1 heterocycles. The average molecular weight is 573 g/mol. The zero-order valence-electron chi connectivity index (χ0n) is 23.2. The van der Waals surface area contributed by atoms with Crippen molar-refractivity contribution < 1.29 is 32.5 Å². The molecular weight excluding hydrogens is 538 g/mol. The van der Waals surface area contributed by atoms with Crippen LogP contribution in [0, 0.1) is 0 Å². The van der Waals surface area contributed by atoms with Crippen molar-refractivity contribution in [3.63, 3.8) is 0 Å². The zero-order chi connectivity index (χ0) is 29.0. The van der Waals surface area contributed by atoms with Crippen LogP contribution in [-0.2, 0) is 50.1 Å². The Labute approximate surface area is 245 Å². The Kier molecular flexibility index (Phi) is 10.8. The van der Waals surface area contributed by atoms with E-state index in [9.17, 15) is 8.78 Å². The Balaban J connectivity index is 1.42. The van der Waals surface area contributed by atoms with Crippen LogP contribution >= 0.6 is 0 Å². The van der Waals surface area contributed by atoms with Crippen LogP contribution in [0.3, 0.4) is 0 Å². The number of hydrogen-bond acceptors (Lipinski definition) is 5. The van der Waals surface area contributed by atoms with Crippen LogP contribution in [0.25, 0.3) is 0 Å². The zero-order valence-corrected chi connectivity index (χ0v) is 23.2. The summed E-state index contributed by atoms with van der Waals surface area (Å²) >= 11 is 0. The lowest BCUT2D eigenvalue weighted by molar-refractivity contribution is -0.225. The van der Waals surface area contributed by atoms with Crippen molar-refractivity contribution in [2.75, 3.05) is 6.61 Å². The lowest BCUT2D eigenvalue weighted by atomic mass is 9.97. The summed E-state index contributed by atoms with van der Waals surface area (Å²) in [6.45, 7) is 0.824. The van der Waals surface area contributed by atoms with Gasteiger partial charge >= 0.3 is 6.08 Å². The first-order valence-electron chi connectivity index (χ1n) is 14.0. The van der Waals surface area contributed by atoms with E-state index in [0.29, 0.717) is 6.61 Å². The summed E-state index contributed by atoms with van der Waals surface area (Å²) in [6.07, 6.45) is -5.71. The summed E-state index contributed by atoms with van der Waals surface area (Å²) in [4.78, 5) is 0. The van der Waals surface area contributed by atoms with Crippen molar-refractivity contribution in [2.24, 2.45) is 0 Å². The highest BCUT2D eigenvalue weighted by molar-refractivity contribution is 5.18. The van der Waals surface area contributed by atoms with E-state index in [1.807, 2.05) is 121 Å². The Bertz CT molecular complexity index is 1370. The molecule has 4 aromatic carbocycles. The number of rotatable bonds is 13. The molecule has 218 valence electrons. The lowest BCUT2D eigenvalue weighted by Gasteiger charge is -2.43. The summed E-state index contributed by atoms with van der Waals surface area (Å²) in [7, 11) is 0. The van der Waals surface area contributed by atoms with Gasteiger partial charge < -0.3 is 23.7 Å². The SMILES string of the molecule is FC(F)=C1O[C@H](COCc2ccccc2)[C@@H](OCc2ccccc2)[C@H](OCc2ccccc2)[C@@H]1OCc1ccccc1. The first-order chi connectivity index (χ1) is 20.7. The molecule has 1 saturated heterocycles. The molecule has 7 heteroatoms. The number of benzene rings is 4. The second kappa shape index (κ2) is 15.4. The molecule has 0 bridgehead atoms. The normalized spacial score (nSPS) is 20.2. The van der Waals surface area contributed by atoms with Crippen LogP contribution in [0.1, 0.15) is 22.3 Å². The Morgan fingerprint density at radius 1 is 0.524 bits per heavy atom. The smallest absolute Gasteiger partial charge is 0.310 e. The molecule has 1 aliphatic heterocycles. The molecule has 4 atom stereocenters. The maximum Gasteiger partial charge on any atom is 0.310 e. The van der Waals surface area contributed by atoms with E-state index in [1.165, 1.54) is 0 Å². The van der Waals surface area contributed by atoms with Crippen molar-refractivity contribution in [1.82, 2.24) is 0 Å². The minimum Gasteiger partial charge on any atom is -0.481 e. The quantitative estimate of drug-likeness (QED) is 0.166. The lowest BCUT2D eigenvalue weighted by Crippen LogP contribution is -2.56. The largest absolute Gasteiger partial charge is 0.481 e. The van der Waals surface area contributed by atoms with E-state index >= 15 is 0 Å². The molecule has 42 heavy (non-hydrogen) atoms. The maximum atomic E-state index is 14.5. The van der Waals surface area contributed by atoms with Crippen molar-refractivity contribution >= 4 is 0 Å². The number of halogens is 2. The molecule has 0 spiro atoms. The van der Waals surface area contributed by atoms with Gasteiger partial charge in [0.1, 0.15) is 18.3 Å². The fraction of sp³-hybridized carbons (Fsp3) is 0.257. The van der Waals surface area contributed by atoms with Crippen LogP contribution in [0.5, 0.6) is 0 Å². The highest BCUT2D eigenvalue weighted by atomic mass is 19.3. The van der Waals surface area contributed by atoms with E-state index in [-0.39, 0.29) is 26.4 Å². The van der Waals surface area contributed by atoms with E-state index in [2.05, 4.69) is 0 Å². The molecular formula is C35H34F2O5. The molecule has 4 aromatic rings. The van der Waals surface area contributed by atoms with Gasteiger partial charge in [-0.25, -0.2) is 0 Å². The van der Waals surface area contributed by atoms with Gasteiger partial charge in [-0.15, -0.1) is 0 Å². The predicted octanol–water partition coefficient (Wildman–Crippen LogP) is 7.47. The van der Waals surface area contributed by atoms with E-state index < -0.39 is 36.3 Å². The summed E-state index contributed by atoms with van der Waals surface area (Å²) in [5, 5.41) is 0. The van der Waals surface area contributed by atoms with Gasteiger partial charge in [0.05, 0.1) is 33.0 Å². The van der Waals surface area contributed by atoms with Crippen molar-refractivity contribution in [3.8, 4) is 0 Å². The van der Waals surface area contributed by atoms with Crippen LogP contribution < -0.4 is 0 Å². The van der Waals surface area contributed by atoms with Gasteiger partial charge in [-0.05, 0) is 22.3 Å². The predicted molar refractivity (Wildman–Crippen MR) is 155 cm³/mol. The van der Waals surface area contributed by atoms with Crippen molar-refractivity contribution in [3.05, 3.63) is 155 Å². The molecule has 0 N–H and O–H groups in total. The van der Waals surface area contributed by atoms with E-state index in [0.717, 1.165) is 22.3 Å².